The maximum absolute atomic E-state index is 11.5. The van der Waals surface area contributed by atoms with E-state index in [2.05, 4.69) is 12.6 Å². The molecule has 3 heteroatoms. The third-order valence-corrected chi connectivity index (χ3v) is 3.25. The molecule has 0 saturated carbocycles. The Bertz CT molecular complexity index is 724. The summed E-state index contributed by atoms with van der Waals surface area (Å²) in [5.74, 6) is -1.01. The van der Waals surface area contributed by atoms with Crippen LogP contribution in [0.2, 0.25) is 0 Å². The Morgan fingerprint density at radius 1 is 1.42 bits per heavy atom. The van der Waals surface area contributed by atoms with Gasteiger partial charge in [0.2, 0.25) is 0 Å². The minimum atomic E-state index is -1.01. The van der Waals surface area contributed by atoms with E-state index in [-0.39, 0.29) is 5.56 Å². The van der Waals surface area contributed by atoms with Crippen LogP contribution in [-0.2, 0) is 6.42 Å². The average molecular weight is 251 g/mol. The monoisotopic (exact) mass is 251 g/mol. The summed E-state index contributed by atoms with van der Waals surface area (Å²) in [6, 6.07) is 9.39. The Hall–Kier alpha value is -2.60. The van der Waals surface area contributed by atoms with Gasteiger partial charge in [-0.1, -0.05) is 30.3 Å². The fourth-order valence-corrected chi connectivity index (χ4v) is 2.42. The molecule has 0 bridgehead atoms. The van der Waals surface area contributed by atoms with Crippen LogP contribution in [0.3, 0.4) is 0 Å². The first kappa shape index (κ1) is 12.8. The van der Waals surface area contributed by atoms with Crippen LogP contribution in [0.1, 0.15) is 27.0 Å². The number of hydrogen-bond acceptors (Lipinski definition) is 2. The third-order valence-electron chi connectivity index (χ3n) is 3.25. The number of carbonyl (C=O) groups is 1. The highest BCUT2D eigenvalue weighted by Crippen LogP contribution is 2.30. The van der Waals surface area contributed by atoms with Crippen molar-refractivity contribution in [2.45, 2.75) is 13.3 Å². The number of benzene rings is 2. The summed E-state index contributed by atoms with van der Waals surface area (Å²) in [6.45, 7) is 5.49. The standard InChI is InChI=1S/C16H13NO2/c1-3-6-12-14(9-17)10(2)11-7-4-5-8-13(11)15(12)16(18)19/h3-5,7-8H,1,6H2,2H3,(H,18,19). The maximum Gasteiger partial charge on any atom is 0.336 e. The zero-order chi connectivity index (χ0) is 14.0. The van der Waals surface area contributed by atoms with Gasteiger partial charge in [0.05, 0.1) is 17.2 Å². The smallest absolute Gasteiger partial charge is 0.336 e. The first-order valence-corrected chi connectivity index (χ1v) is 5.90. The van der Waals surface area contributed by atoms with Gasteiger partial charge < -0.3 is 5.11 Å². The Balaban J connectivity index is 3.04. The van der Waals surface area contributed by atoms with Crippen LogP contribution in [0.15, 0.2) is 36.9 Å². The van der Waals surface area contributed by atoms with Crippen molar-refractivity contribution in [1.82, 2.24) is 0 Å². The summed E-state index contributed by atoms with van der Waals surface area (Å²) in [5.41, 5.74) is 2.01. The molecule has 2 aromatic carbocycles. The summed E-state index contributed by atoms with van der Waals surface area (Å²) in [6.07, 6.45) is 1.99. The number of allylic oxidation sites excluding steroid dienone is 1. The molecule has 94 valence electrons. The lowest BCUT2D eigenvalue weighted by atomic mass is 9.88. The van der Waals surface area contributed by atoms with Crippen molar-refractivity contribution < 1.29 is 9.90 Å². The highest BCUT2D eigenvalue weighted by Gasteiger charge is 2.20. The zero-order valence-electron chi connectivity index (χ0n) is 10.6. The van der Waals surface area contributed by atoms with Crippen LogP contribution in [0.5, 0.6) is 0 Å². The Labute approximate surface area is 111 Å². The lowest BCUT2D eigenvalue weighted by Crippen LogP contribution is -2.07. The molecule has 0 saturated heterocycles. The summed E-state index contributed by atoms with van der Waals surface area (Å²) in [7, 11) is 0. The van der Waals surface area contributed by atoms with Crippen molar-refractivity contribution in [3.05, 3.63) is 59.2 Å². The number of carboxylic acids is 1. The van der Waals surface area contributed by atoms with Gasteiger partial charge in [0.1, 0.15) is 0 Å². The quantitative estimate of drug-likeness (QED) is 0.850. The number of fused-ring (bicyclic) bond motifs is 1. The van der Waals surface area contributed by atoms with E-state index in [1.165, 1.54) is 0 Å². The minimum Gasteiger partial charge on any atom is -0.478 e. The summed E-state index contributed by atoms with van der Waals surface area (Å²) in [4.78, 5) is 11.5. The van der Waals surface area contributed by atoms with Gasteiger partial charge >= 0.3 is 5.97 Å². The second-order valence-electron chi connectivity index (χ2n) is 4.31. The predicted molar refractivity (Wildman–Crippen MR) is 74.3 cm³/mol. The van der Waals surface area contributed by atoms with Crippen molar-refractivity contribution in [3.63, 3.8) is 0 Å². The fourth-order valence-electron chi connectivity index (χ4n) is 2.42. The van der Waals surface area contributed by atoms with Gasteiger partial charge in [-0.25, -0.2) is 4.79 Å². The number of rotatable bonds is 3. The number of aromatic carboxylic acids is 1. The molecule has 1 N–H and O–H groups in total. The van der Waals surface area contributed by atoms with Gasteiger partial charge in [-0.15, -0.1) is 6.58 Å². The molecule has 0 aliphatic carbocycles. The van der Waals surface area contributed by atoms with Crippen molar-refractivity contribution in [1.29, 1.82) is 5.26 Å². The average Bonchev–Trinajstić information content (AvgIpc) is 2.39. The van der Waals surface area contributed by atoms with E-state index in [0.717, 1.165) is 10.9 Å². The van der Waals surface area contributed by atoms with Crippen molar-refractivity contribution in [2.75, 3.05) is 0 Å². The van der Waals surface area contributed by atoms with Crippen LogP contribution in [0.25, 0.3) is 10.8 Å². The first-order chi connectivity index (χ1) is 9.11. The van der Waals surface area contributed by atoms with Crippen LogP contribution in [0, 0.1) is 18.3 Å². The van der Waals surface area contributed by atoms with Crippen LogP contribution in [-0.4, -0.2) is 11.1 Å². The van der Waals surface area contributed by atoms with Gasteiger partial charge in [-0.2, -0.15) is 5.26 Å². The highest BCUT2D eigenvalue weighted by atomic mass is 16.4. The van der Waals surface area contributed by atoms with E-state index >= 15 is 0 Å². The topological polar surface area (TPSA) is 61.1 Å². The molecule has 2 rings (SSSR count). The highest BCUT2D eigenvalue weighted by molar-refractivity contribution is 6.07. The van der Waals surface area contributed by atoms with E-state index in [1.54, 1.807) is 18.2 Å². The van der Waals surface area contributed by atoms with Gasteiger partial charge in [-0.05, 0) is 35.2 Å². The van der Waals surface area contributed by atoms with Crippen LogP contribution >= 0.6 is 0 Å². The molecular weight excluding hydrogens is 238 g/mol. The second kappa shape index (κ2) is 4.95. The first-order valence-electron chi connectivity index (χ1n) is 5.90. The summed E-state index contributed by atoms with van der Waals surface area (Å²) < 4.78 is 0. The van der Waals surface area contributed by atoms with Crippen molar-refractivity contribution >= 4 is 16.7 Å². The molecule has 2 aromatic rings. The minimum absolute atomic E-state index is 0.206. The van der Waals surface area contributed by atoms with Gasteiger partial charge in [-0.3, -0.25) is 0 Å². The fraction of sp³-hybridized carbons (Fsp3) is 0.125. The van der Waals surface area contributed by atoms with Crippen LogP contribution in [0.4, 0.5) is 0 Å². The normalized spacial score (nSPS) is 10.1. The Morgan fingerprint density at radius 3 is 2.58 bits per heavy atom. The number of nitrogens with zero attached hydrogens (tertiary/aromatic N) is 1. The number of carboxylic acid groups (broad SMARTS) is 1. The van der Waals surface area contributed by atoms with Gasteiger partial charge in [0.25, 0.3) is 0 Å². The molecule has 0 radical (unpaired) electrons. The molecule has 0 unspecified atom stereocenters. The van der Waals surface area contributed by atoms with Crippen molar-refractivity contribution in [3.8, 4) is 6.07 Å². The molecule has 19 heavy (non-hydrogen) atoms. The second-order valence-corrected chi connectivity index (χ2v) is 4.31. The molecule has 0 spiro atoms. The molecule has 0 aromatic heterocycles. The summed E-state index contributed by atoms with van der Waals surface area (Å²) in [5, 5.41) is 20.3. The zero-order valence-corrected chi connectivity index (χ0v) is 10.6. The molecule has 0 aliphatic heterocycles. The Morgan fingerprint density at radius 2 is 2.05 bits per heavy atom. The van der Waals surface area contributed by atoms with Crippen molar-refractivity contribution in [2.24, 2.45) is 0 Å². The predicted octanol–water partition coefficient (Wildman–Crippen LogP) is 3.45. The van der Waals surface area contributed by atoms with E-state index in [0.29, 0.717) is 22.9 Å². The number of nitriles is 1. The van der Waals surface area contributed by atoms with Gasteiger partial charge in [0.15, 0.2) is 0 Å². The van der Waals surface area contributed by atoms with E-state index in [4.69, 9.17) is 0 Å². The summed E-state index contributed by atoms with van der Waals surface area (Å²) >= 11 is 0. The molecule has 0 fully saturated rings. The van der Waals surface area contributed by atoms with Crippen LogP contribution < -0.4 is 0 Å². The third kappa shape index (κ3) is 1.98. The van der Waals surface area contributed by atoms with E-state index in [9.17, 15) is 15.2 Å². The molecule has 0 amide bonds. The molecule has 0 atom stereocenters. The number of aryl methyl sites for hydroxylation is 1. The van der Waals surface area contributed by atoms with Gasteiger partial charge in [0, 0.05) is 0 Å². The lowest BCUT2D eigenvalue weighted by Gasteiger charge is -2.14. The van der Waals surface area contributed by atoms with E-state index in [1.807, 2.05) is 19.1 Å². The largest absolute Gasteiger partial charge is 0.478 e. The molecule has 0 aliphatic rings. The molecule has 0 heterocycles. The van der Waals surface area contributed by atoms with E-state index < -0.39 is 5.97 Å². The Kier molecular flexibility index (Phi) is 3.35. The maximum atomic E-state index is 11.5. The SMILES string of the molecule is C=CCc1c(C#N)c(C)c2ccccc2c1C(=O)O. The molecular formula is C16H13NO2. The molecule has 3 nitrogen and oxygen atoms in total. The number of hydrogen-bond donors (Lipinski definition) is 1. The lowest BCUT2D eigenvalue weighted by molar-refractivity contribution is 0.0698.